The molecule has 0 spiro atoms. The number of rotatable bonds is 1. The number of ether oxygens (including phenoxy) is 3. The highest BCUT2D eigenvalue weighted by Crippen LogP contribution is 2.39. The van der Waals surface area contributed by atoms with Crippen molar-refractivity contribution in [3.8, 4) is 17.2 Å². The van der Waals surface area contributed by atoms with Gasteiger partial charge in [0, 0.05) is 0 Å². The van der Waals surface area contributed by atoms with E-state index in [2.05, 4.69) is 9.24 Å². The SMILES string of the molecule is COc1cc(P)cc2c1OCO2. The molecule has 1 unspecified atom stereocenters. The predicted molar refractivity (Wildman–Crippen MR) is 48.5 cm³/mol. The second-order valence-corrected chi connectivity index (χ2v) is 3.12. The molecule has 64 valence electrons. The van der Waals surface area contributed by atoms with Gasteiger partial charge in [-0.25, -0.2) is 0 Å². The third kappa shape index (κ3) is 1.10. The van der Waals surface area contributed by atoms with Crippen LogP contribution in [-0.4, -0.2) is 13.9 Å². The van der Waals surface area contributed by atoms with Gasteiger partial charge in [-0.1, -0.05) is 0 Å². The minimum atomic E-state index is 0.278. The van der Waals surface area contributed by atoms with Crippen LogP contribution in [0.3, 0.4) is 0 Å². The van der Waals surface area contributed by atoms with E-state index in [1.165, 1.54) is 0 Å². The third-order valence-electron chi connectivity index (χ3n) is 1.68. The summed E-state index contributed by atoms with van der Waals surface area (Å²) in [6, 6.07) is 3.79. The van der Waals surface area contributed by atoms with Crippen molar-refractivity contribution in [1.29, 1.82) is 0 Å². The highest BCUT2D eigenvalue weighted by Gasteiger charge is 2.18. The molecular formula is C8H9O3P. The van der Waals surface area contributed by atoms with E-state index in [4.69, 9.17) is 14.2 Å². The molecule has 12 heavy (non-hydrogen) atoms. The average molecular weight is 184 g/mol. The van der Waals surface area contributed by atoms with Crippen LogP contribution in [0, 0.1) is 0 Å². The highest BCUT2D eigenvalue weighted by atomic mass is 31.0. The molecule has 4 heteroatoms. The molecule has 1 aliphatic heterocycles. The maximum Gasteiger partial charge on any atom is 0.231 e. The Hall–Kier alpha value is -0.950. The van der Waals surface area contributed by atoms with Crippen LogP contribution in [0.15, 0.2) is 12.1 Å². The fraction of sp³-hybridized carbons (Fsp3) is 0.250. The molecule has 0 aromatic heterocycles. The number of benzene rings is 1. The first kappa shape index (κ1) is 7.69. The molecule has 1 aromatic carbocycles. The average Bonchev–Trinajstić information content (AvgIpc) is 2.50. The van der Waals surface area contributed by atoms with Crippen LogP contribution >= 0.6 is 9.24 Å². The highest BCUT2D eigenvalue weighted by molar-refractivity contribution is 7.27. The van der Waals surface area contributed by atoms with Gasteiger partial charge in [-0.2, -0.15) is 0 Å². The molecule has 3 nitrogen and oxygen atoms in total. The standard InChI is InChI=1S/C8H9O3P/c1-9-6-2-5(12)3-7-8(6)11-4-10-7/h2-3H,4,12H2,1H3. The van der Waals surface area contributed by atoms with Gasteiger partial charge in [0.15, 0.2) is 11.5 Å². The smallest absolute Gasteiger partial charge is 0.231 e. The first-order chi connectivity index (χ1) is 5.81. The summed E-state index contributed by atoms with van der Waals surface area (Å²) in [6.07, 6.45) is 0. The quantitative estimate of drug-likeness (QED) is 0.607. The lowest BCUT2D eigenvalue weighted by Crippen LogP contribution is -1.94. The zero-order valence-corrected chi connectivity index (χ0v) is 7.82. The number of methoxy groups -OCH3 is 1. The van der Waals surface area contributed by atoms with Crippen molar-refractivity contribution in [3.63, 3.8) is 0 Å². The van der Waals surface area contributed by atoms with Crippen LogP contribution in [0.1, 0.15) is 0 Å². The molecule has 2 rings (SSSR count). The second-order valence-electron chi connectivity index (χ2n) is 2.46. The molecule has 0 fully saturated rings. The van der Waals surface area contributed by atoms with E-state index < -0.39 is 0 Å². The van der Waals surface area contributed by atoms with Gasteiger partial charge >= 0.3 is 0 Å². The minimum Gasteiger partial charge on any atom is -0.493 e. The Bertz CT molecular complexity index is 311. The maximum atomic E-state index is 5.22. The van der Waals surface area contributed by atoms with Crippen molar-refractivity contribution >= 4 is 14.5 Å². The molecule has 0 radical (unpaired) electrons. The summed E-state index contributed by atoms with van der Waals surface area (Å²) in [4.78, 5) is 0. The van der Waals surface area contributed by atoms with Crippen LogP contribution in [0.2, 0.25) is 0 Å². The zero-order valence-electron chi connectivity index (χ0n) is 6.66. The Morgan fingerprint density at radius 2 is 2.25 bits per heavy atom. The molecule has 0 aliphatic carbocycles. The van der Waals surface area contributed by atoms with Gasteiger partial charge in [0.05, 0.1) is 7.11 Å². The number of hydrogen-bond acceptors (Lipinski definition) is 3. The van der Waals surface area contributed by atoms with E-state index in [9.17, 15) is 0 Å². The minimum absolute atomic E-state index is 0.278. The molecule has 1 atom stereocenters. The molecule has 0 bridgehead atoms. The largest absolute Gasteiger partial charge is 0.493 e. The number of fused-ring (bicyclic) bond motifs is 1. The monoisotopic (exact) mass is 184 g/mol. The predicted octanol–water partition coefficient (Wildman–Crippen LogP) is 0.924. The van der Waals surface area contributed by atoms with Crippen LogP contribution < -0.4 is 19.5 Å². The Morgan fingerprint density at radius 3 is 3.00 bits per heavy atom. The van der Waals surface area contributed by atoms with E-state index in [0.29, 0.717) is 5.75 Å². The van der Waals surface area contributed by atoms with Crippen LogP contribution in [0.4, 0.5) is 0 Å². The fourth-order valence-electron chi connectivity index (χ4n) is 1.15. The summed E-state index contributed by atoms with van der Waals surface area (Å²) < 4.78 is 15.5. The van der Waals surface area contributed by atoms with Crippen molar-refractivity contribution in [2.75, 3.05) is 13.9 Å². The first-order valence-corrected chi connectivity index (χ1v) is 4.12. The summed E-state index contributed by atoms with van der Waals surface area (Å²) in [7, 11) is 4.20. The van der Waals surface area contributed by atoms with Crippen molar-refractivity contribution < 1.29 is 14.2 Å². The van der Waals surface area contributed by atoms with Gasteiger partial charge in [0.1, 0.15) is 0 Å². The van der Waals surface area contributed by atoms with E-state index in [-0.39, 0.29) is 6.79 Å². The normalized spacial score (nSPS) is 13.2. The first-order valence-electron chi connectivity index (χ1n) is 3.54. The van der Waals surface area contributed by atoms with Crippen molar-refractivity contribution in [2.24, 2.45) is 0 Å². The lowest BCUT2D eigenvalue weighted by Gasteiger charge is -2.04. The molecule has 1 aromatic rings. The topological polar surface area (TPSA) is 27.7 Å². The molecule has 0 saturated heterocycles. The number of hydrogen-bond donors (Lipinski definition) is 0. The van der Waals surface area contributed by atoms with E-state index in [0.717, 1.165) is 16.8 Å². The molecule has 0 amide bonds. The summed E-state index contributed by atoms with van der Waals surface area (Å²) >= 11 is 0. The van der Waals surface area contributed by atoms with Crippen molar-refractivity contribution in [3.05, 3.63) is 12.1 Å². The van der Waals surface area contributed by atoms with Crippen LogP contribution in [0.5, 0.6) is 17.2 Å². The van der Waals surface area contributed by atoms with E-state index in [1.807, 2.05) is 12.1 Å². The maximum absolute atomic E-state index is 5.22. The summed E-state index contributed by atoms with van der Waals surface area (Å²) in [5.41, 5.74) is 0. The Labute approximate surface area is 72.8 Å². The Kier molecular flexibility index (Phi) is 1.81. The van der Waals surface area contributed by atoms with Gasteiger partial charge in [-0.15, -0.1) is 9.24 Å². The van der Waals surface area contributed by atoms with Crippen LogP contribution in [0.25, 0.3) is 0 Å². The van der Waals surface area contributed by atoms with Gasteiger partial charge < -0.3 is 14.2 Å². The van der Waals surface area contributed by atoms with E-state index >= 15 is 0 Å². The molecule has 1 aliphatic rings. The fourth-order valence-corrected chi connectivity index (χ4v) is 1.45. The van der Waals surface area contributed by atoms with Gasteiger partial charge in [0.25, 0.3) is 0 Å². The lowest BCUT2D eigenvalue weighted by molar-refractivity contribution is 0.171. The van der Waals surface area contributed by atoms with Gasteiger partial charge in [-0.3, -0.25) is 0 Å². The third-order valence-corrected chi connectivity index (χ3v) is 2.01. The summed E-state index contributed by atoms with van der Waals surface area (Å²) in [5, 5.41) is 1.02. The molecule has 0 saturated carbocycles. The van der Waals surface area contributed by atoms with E-state index in [1.54, 1.807) is 7.11 Å². The van der Waals surface area contributed by atoms with Gasteiger partial charge in [-0.05, 0) is 17.4 Å². The Balaban J connectivity index is 2.55. The van der Waals surface area contributed by atoms with Crippen molar-refractivity contribution in [1.82, 2.24) is 0 Å². The van der Waals surface area contributed by atoms with Gasteiger partial charge in [0.2, 0.25) is 12.5 Å². The lowest BCUT2D eigenvalue weighted by atomic mass is 10.3. The summed E-state index contributed by atoms with van der Waals surface area (Å²) in [6.45, 7) is 0.278. The second kappa shape index (κ2) is 2.83. The molecule has 1 heterocycles. The Morgan fingerprint density at radius 1 is 1.42 bits per heavy atom. The zero-order chi connectivity index (χ0) is 8.55. The van der Waals surface area contributed by atoms with Crippen LogP contribution in [-0.2, 0) is 0 Å². The molecular weight excluding hydrogens is 175 g/mol. The summed E-state index contributed by atoms with van der Waals surface area (Å²) in [5.74, 6) is 2.16. The molecule has 0 N–H and O–H groups in total. The van der Waals surface area contributed by atoms with Crippen molar-refractivity contribution in [2.45, 2.75) is 0 Å².